The molecule has 0 saturated carbocycles. The first-order valence-electron chi connectivity index (χ1n) is 8.35. The second-order valence-corrected chi connectivity index (χ2v) is 6.79. The Morgan fingerprint density at radius 3 is 2.88 bits per heavy atom. The zero-order valence-corrected chi connectivity index (χ0v) is 14.2. The van der Waals surface area contributed by atoms with Gasteiger partial charge in [-0.15, -0.1) is 5.10 Å². The summed E-state index contributed by atoms with van der Waals surface area (Å²) < 4.78 is 1.73. The molecule has 0 amide bonds. The first-order chi connectivity index (χ1) is 12.0. The summed E-state index contributed by atoms with van der Waals surface area (Å²) in [5.41, 5.74) is -0.0896. The topological polar surface area (TPSA) is 99.9 Å². The lowest BCUT2D eigenvalue weighted by atomic mass is 10.00. The maximum Gasteiger partial charge on any atom is 0.260 e. The number of hydrogen-bond acceptors (Lipinski definition) is 6. The minimum absolute atomic E-state index is 0.179. The summed E-state index contributed by atoms with van der Waals surface area (Å²) in [4.78, 5) is 21.5. The van der Waals surface area contributed by atoms with Gasteiger partial charge in [0, 0.05) is 19.0 Å². The minimum Gasteiger partial charge on any atom is -0.381 e. The highest BCUT2D eigenvalue weighted by Crippen LogP contribution is 2.32. The van der Waals surface area contributed by atoms with Crippen molar-refractivity contribution in [2.75, 3.05) is 18.0 Å². The van der Waals surface area contributed by atoms with Crippen LogP contribution in [0.2, 0.25) is 0 Å². The zero-order chi connectivity index (χ0) is 17.6. The molecule has 1 fully saturated rings. The van der Waals surface area contributed by atoms with Gasteiger partial charge < -0.3 is 10.0 Å². The monoisotopic (exact) mass is 340 g/mol. The van der Waals surface area contributed by atoms with Gasteiger partial charge in [0.15, 0.2) is 0 Å². The van der Waals surface area contributed by atoms with Gasteiger partial charge in [-0.05, 0) is 26.0 Å². The van der Waals surface area contributed by atoms with E-state index in [4.69, 9.17) is 0 Å². The van der Waals surface area contributed by atoms with E-state index in [2.05, 4.69) is 20.3 Å². The van der Waals surface area contributed by atoms with Crippen LogP contribution in [-0.4, -0.2) is 43.2 Å². The fourth-order valence-electron chi connectivity index (χ4n) is 3.15. The lowest BCUT2D eigenvalue weighted by Crippen LogP contribution is -2.32. The van der Waals surface area contributed by atoms with Crippen molar-refractivity contribution in [3.8, 4) is 0 Å². The Bertz CT molecular complexity index is 978. The molecule has 130 valence electrons. The molecule has 2 aromatic heterocycles. The number of benzene rings is 1. The highest BCUT2D eigenvalue weighted by molar-refractivity contribution is 5.78. The number of rotatable bonds is 3. The third-order valence-corrected chi connectivity index (χ3v) is 4.66. The lowest BCUT2D eigenvalue weighted by Gasteiger charge is -2.21. The van der Waals surface area contributed by atoms with Crippen LogP contribution in [0.3, 0.4) is 0 Å². The van der Waals surface area contributed by atoms with Gasteiger partial charge in [0.1, 0.15) is 11.3 Å². The molecule has 4 rings (SSSR count). The largest absolute Gasteiger partial charge is 0.381 e. The third-order valence-electron chi connectivity index (χ3n) is 4.66. The number of fused-ring (bicyclic) bond motifs is 1. The summed E-state index contributed by atoms with van der Waals surface area (Å²) in [6.45, 7) is 4.90. The van der Waals surface area contributed by atoms with Gasteiger partial charge in [0.25, 0.3) is 5.56 Å². The van der Waals surface area contributed by atoms with Crippen molar-refractivity contribution in [2.24, 2.45) is 0 Å². The molecule has 0 spiro atoms. The average Bonchev–Trinajstić information content (AvgIpc) is 3.23. The van der Waals surface area contributed by atoms with E-state index in [1.807, 2.05) is 36.9 Å². The van der Waals surface area contributed by atoms with Crippen molar-refractivity contribution in [3.63, 3.8) is 0 Å². The fourth-order valence-corrected chi connectivity index (χ4v) is 3.15. The molecule has 1 saturated heterocycles. The Morgan fingerprint density at radius 1 is 1.32 bits per heavy atom. The quantitative estimate of drug-likeness (QED) is 0.743. The predicted octanol–water partition coefficient (Wildman–Crippen LogP) is 1.19. The first-order valence-corrected chi connectivity index (χ1v) is 8.35. The molecular weight excluding hydrogens is 320 g/mol. The highest BCUT2D eigenvalue weighted by Gasteiger charge is 2.41. The SMILES string of the molecule is CC(C)n1cc([C@]2(O)CCN(c3nc4ccccc4c(=O)[nH]3)C2)nn1. The summed E-state index contributed by atoms with van der Waals surface area (Å²) in [5.74, 6) is 0.468. The van der Waals surface area contributed by atoms with Crippen molar-refractivity contribution in [1.82, 2.24) is 25.0 Å². The fraction of sp³-hybridized carbons (Fsp3) is 0.412. The molecule has 0 bridgehead atoms. The zero-order valence-electron chi connectivity index (χ0n) is 14.2. The van der Waals surface area contributed by atoms with Crippen LogP contribution >= 0.6 is 0 Å². The molecule has 3 heterocycles. The number of para-hydroxylation sites is 1. The number of H-pyrrole nitrogens is 1. The lowest BCUT2D eigenvalue weighted by molar-refractivity contribution is 0.0558. The van der Waals surface area contributed by atoms with Crippen molar-refractivity contribution in [1.29, 1.82) is 0 Å². The molecule has 1 aromatic carbocycles. The Morgan fingerprint density at radius 2 is 2.12 bits per heavy atom. The van der Waals surface area contributed by atoms with Crippen molar-refractivity contribution in [3.05, 3.63) is 46.5 Å². The second-order valence-electron chi connectivity index (χ2n) is 6.79. The molecule has 1 aliphatic heterocycles. The first kappa shape index (κ1) is 15.8. The summed E-state index contributed by atoms with van der Waals surface area (Å²) in [7, 11) is 0. The van der Waals surface area contributed by atoms with E-state index < -0.39 is 5.60 Å². The van der Waals surface area contributed by atoms with Gasteiger partial charge in [-0.3, -0.25) is 9.78 Å². The van der Waals surface area contributed by atoms with E-state index in [9.17, 15) is 9.90 Å². The highest BCUT2D eigenvalue weighted by atomic mass is 16.3. The number of anilines is 1. The predicted molar refractivity (Wildman–Crippen MR) is 93.5 cm³/mol. The number of aromatic amines is 1. The molecule has 1 atom stereocenters. The van der Waals surface area contributed by atoms with Crippen LogP contribution in [0.15, 0.2) is 35.3 Å². The number of aliphatic hydroxyl groups is 1. The smallest absolute Gasteiger partial charge is 0.260 e. The van der Waals surface area contributed by atoms with Gasteiger partial charge in [-0.1, -0.05) is 17.3 Å². The van der Waals surface area contributed by atoms with E-state index in [0.717, 1.165) is 0 Å². The summed E-state index contributed by atoms with van der Waals surface area (Å²) in [6, 6.07) is 7.40. The number of nitrogens with zero attached hydrogens (tertiary/aromatic N) is 5. The summed E-state index contributed by atoms with van der Waals surface area (Å²) in [6.07, 6.45) is 2.28. The van der Waals surface area contributed by atoms with E-state index in [1.165, 1.54) is 0 Å². The Labute approximate surface area is 144 Å². The molecule has 25 heavy (non-hydrogen) atoms. The molecular formula is C17H20N6O2. The van der Waals surface area contributed by atoms with Gasteiger partial charge in [-0.25, -0.2) is 9.67 Å². The normalized spacial score (nSPS) is 20.7. The van der Waals surface area contributed by atoms with Crippen LogP contribution in [0, 0.1) is 0 Å². The van der Waals surface area contributed by atoms with Crippen LogP contribution in [0.25, 0.3) is 10.9 Å². The number of β-amino-alcohol motifs (C(OH)–C–C–N with tert-alkyl or cyclic N) is 1. The Balaban J connectivity index is 1.64. The average molecular weight is 340 g/mol. The molecule has 0 unspecified atom stereocenters. The number of aromatic nitrogens is 5. The maximum atomic E-state index is 12.3. The van der Waals surface area contributed by atoms with Crippen LogP contribution < -0.4 is 10.5 Å². The van der Waals surface area contributed by atoms with Gasteiger partial charge in [0.05, 0.1) is 23.6 Å². The van der Waals surface area contributed by atoms with Crippen LogP contribution in [-0.2, 0) is 5.60 Å². The van der Waals surface area contributed by atoms with Crippen molar-refractivity contribution < 1.29 is 5.11 Å². The molecule has 0 radical (unpaired) electrons. The van der Waals surface area contributed by atoms with Crippen molar-refractivity contribution >= 4 is 16.9 Å². The van der Waals surface area contributed by atoms with E-state index in [1.54, 1.807) is 16.9 Å². The second kappa shape index (κ2) is 5.66. The standard InChI is InChI=1S/C17H20N6O2/c1-11(2)23-9-14(20-21-23)17(25)7-8-22(10-17)16-18-13-6-4-3-5-12(13)15(24)19-16/h3-6,9,11,25H,7-8,10H2,1-2H3,(H,18,19,24)/t17-/m0/s1. The van der Waals surface area contributed by atoms with Gasteiger partial charge in [0.2, 0.25) is 5.95 Å². The number of nitrogens with one attached hydrogen (secondary N) is 1. The van der Waals surface area contributed by atoms with Crippen molar-refractivity contribution in [2.45, 2.75) is 31.9 Å². The molecule has 8 nitrogen and oxygen atoms in total. The molecule has 3 aromatic rings. The number of hydrogen-bond donors (Lipinski definition) is 2. The Hall–Kier alpha value is -2.74. The van der Waals surface area contributed by atoms with E-state index in [0.29, 0.717) is 42.1 Å². The molecule has 8 heteroatoms. The molecule has 0 aliphatic carbocycles. The molecule has 1 aliphatic rings. The van der Waals surface area contributed by atoms with E-state index >= 15 is 0 Å². The van der Waals surface area contributed by atoms with E-state index in [-0.39, 0.29) is 11.6 Å². The summed E-state index contributed by atoms with van der Waals surface area (Å²) in [5, 5.41) is 19.8. The molecule has 2 N–H and O–H groups in total. The van der Waals surface area contributed by atoms with Crippen LogP contribution in [0.4, 0.5) is 5.95 Å². The Kier molecular flexibility index (Phi) is 3.57. The van der Waals surface area contributed by atoms with Gasteiger partial charge in [-0.2, -0.15) is 0 Å². The minimum atomic E-state index is -1.10. The third kappa shape index (κ3) is 2.68. The van der Waals surface area contributed by atoms with Crippen LogP contribution in [0.1, 0.15) is 32.0 Å². The summed E-state index contributed by atoms with van der Waals surface area (Å²) >= 11 is 0. The maximum absolute atomic E-state index is 12.3. The van der Waals surface area contributed by atoms with Crippen LogP contribution in [0.5, 0.6) is 0 Å². The van der Waals surface area contributed by atoms with Gasteiger partial charge >= 0.3 is 0 Å².